The van der Waals surface area contributed by atoms with E-state index in [1.165, 1.54) is 11.1 Å². The molecule has 0 N–H and O–H groups in total. The van der Waals surface area contributed by atoms with Gasteiger partial charge in [0.2, 0.25) is 0 Å². The van der Waals surface area contributed by atoms with Gasteiger partial charge in [0.05, 0.1) is 17.1 Å². The van der Waals surface area contributed by atoms with Crippen LogP contribution in [0.1, 0.15) is 49.4 Å². The lowest BCUT2D eigenvalue weighted by atomic mass is 9.88. The van der Waals surface area contributed by atoms with Gasteiger partial charge in [0, 0.05) is 11.5 Å². The van der Waals surface area contributed by atoms with Crippen molar-refractivity contribution in [1.82, 2.24) is 9.66 Å². The second kappa shape index (κ2) is 9.25. The van der Waals surface area contributed by atoms with Gasteiger partial charge in [-0.3, -0.25) is 4.79 Å². The van der Waals surface area contributed by atoms with Gasteiger partial charge in [-0.25, -0.2) is 4.98 Å². The highest BCUT2D eigenvalue weighted by Gasteiger charge is 2.22. The Labute approximate surface area is 191 Å². The predicted octanol–water partition coefficient (Wildman–Crippen LogP) is 5.38. The maximum Gasteiger partial charge on any atom is 0.282 e. The first-order valence-electron chi connectivity index (χ1n) is 11.3. The SMILES string of the molecule is N#CCOc1ccc2ccccc2c1C=Nn1c(C2CCCCC2)nc2ccccc2c1=O. The Morgan fingerprint density at radius 1 is 1.03 bits per heavy atom. The average Bonchev–Trinajstić information content (AvgIpc) is 2.87. The third-order valence-electron chi connectivity index (χ3n) is 6.27. The number of benzene rings is 3. The summed E-state index contributed by atoms with van der Waals surface area (Å²) < 4.78 is 7.14. The third kappa shape index (κ3) is 4.10. The molecular weight excluding hydrogens is 412 g/mol. The highest BCUT2D eigenvalue weighted by molar-refractivity contribution is 6.02. The summed E-state index contributed by atoms with van der Waals surface area (Å²) in [6.45, 7) is -0.0655. The molecule has 0 amide bonds. The number of ether oxygens (including phenoxy) is 1. The van der Waals surface area contributed by atoms with E-state index in [1.54, 1.807) is 12.3 Å². The maximum atomic E-state index is 13.5. The molecule has 1 aliphatic carbocycles. The molecule has 0 bridgehead atoms. The van der Waals surface area contributed by atoms with Gasteiger partial charge in [0.15, 0.2) is 6.61 Å². The second-order valence-electron chi connectivity index (χ2n) is 8.33. The molecular formula is C27H24N4O2. The van der Waals surface area contributed by atoms with Crippen LogP contribution in [0.15, 0.2) is 70.6 Å². The summed E-state index contributed by atoms with van der Waals surface area (Å²) in [6.07, 6.45) is 7.15. The van der Waals surface area contributed by atoms with Crippen LogP contribution in [-0.4, -0.2) is 22.5 Å². The second-order valence-corrected chi connectivity index (χ2v) is 8.33. The maximum absolute atomic E-state index is 13.5. The molecule has 1 aromatic heterocycles. The first-order chi connectivity index (χ1) is 16.3. The Bertz CT molecular complexity index is 1440. The number of hydrogen-bond acceptors (Lipinski definition) is 5. The summed E-state index contributed by atoms with van der Waals surface area (Å²) in [4.78, 5) is 18.3. The van der Waals surface area contributed by atoms with Crippen LogP contribution >= 0.6 is 0 Å². The minimum atomic E-state index is -0.169. The number of nitriles is 1. The van der Waals surface area contributed by atoms with E-state index >= 15 is 0 Å². The number of para-hydroxylation sites is 1. The Morgan fingerprint density at radius 2 is 1.79 bits per heavy atom. The highest BCUT2D eigenvalue weighted by Crippen LogP contribution is 2.32. The zero-order chi connectivity index (χ0) is 22.6. The van der Waals surface area contributed by atoms with Crippen molar-refractivity contribution in [1.29, 1.82) is 5.26 Å². The van der Waals surface area contributed by atoms with E-state index in [-0.39, 0.29) is 18.1 Å². The van der Waals surface area contributed by atoms with Gasteiger partial charge in [-0.15, -0.1) is 0 Å². The Hall–Kier alpha value is -3.98. The molecule has 6 heteroatoms. The van der Waals surface area contributed by atoms with Crippen LogP contribution in [0.5, 0.6) is 5.75 Å². The molecule has 33 heavy (non-hydrogen) atoms. The Kier molecular flexibility index (Phi) is 5.86. The predicted molar refractivity (Wildman–Crippen MR) is 130 cm³/mol. The topological polar surface area (TPSA) is 80.3 Å². The largest absolute Gasteiger partial charge is 0.478 e. The lowest BCUT2D eigenvalue weighted by Crippen LogP contribution is -2.25. The summed E-state index contributed by atoms with van der Waals surface area (Å²) in [7, 11) is 0. The normalized spacial score (nSPS) is 14.6. The summed E-state index contributed by atoms with van der Waals surface area (Å²) in [6, 6.07) is 21.2. The number of aromatic nitrogens is 2. The van der Waals surface area contributed by atoms with Crippen LogP contribution in [0.25, 0.3) is 21.7 Å². The minimum absolute atomic E-state index is 0.0655. The van der Waals surface area contributed by atoms with E-state index in [4.69, 9.17) is 15.0 Å². The number of hydrogen-bond donors (Lipinski definition) is 0. The summed E-state index contributed by atoms with van der Waals surface area (Å²) in [5.74, 6) is 1.48. The van der Waals surface area contributed by atoms with Crippen molar-refractivity contribution in [3.05, 3.63) is 82.4 Å². The van der Waals surface area contributed by atoms with E-state index in [2.05, 4.69) is 5.10 Å². The fourth-order valence-electron chi connectivity index (χ4n) is 4.64. The minimum Gasteiger partial charge on any atom is -0.478 e. The van der Waals surface area contributed by atoms with Crippen molar-refractivity contribution >= 4 is 27.9 Å². The van der Waals surface area contributed by atoms with E-state index in [0.717, 1.165) is 47.8 Å². The number of nitrogens with zero attached hydrogens (tertiary/aromatic N) is 4. The molecule has 0 saturated heterocycles. The molecule has 0 radical (unpaired) electrons. The smallest absolute Gasteiger partial charge is 0.282 e. The zero-order valence-electron chi connectivity index (χ0n) is 18.3. The number of fused-ring (bicyclic) bond motifs is 2. The van der Waals surface area contributed by atoms with Gasteiger partial charge in [-0.2, -0.15) is 15.0 Å². The van der Waals surface area contributed by atoms with Crippen molar-refractivity contribution in [2.75, 3.05) is 6.61 Å². The monoisotopic (exact) mass is 436 g/mol. The third-order valence-corrected chi connectivity index (χ3v) is 6.27. The number of rotatable bonds is 5. The molecule has 3 aromatic carbocycles. The quantitative estimate of drug-likeness (QED) is 0.393. The van der Waals surface area contributed by atoms with Crippen LogP contribution < -0.4 is 10.3 Å². The summed E-state index contributed by atoms with van der Waals surface area (Å²) >= 11 is 0. The molecule has 164 valence electrons. The van der Waals surface area contributed by atoms with Crippen molar-refractivity contribution in [3.63, 3.8) is 0 Å². The lowest BCUT2D eigenvalue weighted by Gasteiger charge is -2.22. The van der Waals surface area contributed by atoms with Crippen LogP contribution in [0.3, 0.4) is 0 Å². The van der Waals surface area contributed by atoms with Crippen molar-refractivity contribution in [3.8, 4) is 11.8 Å². The van der Waals surface area contributed by atoms with Crippen LogP contribution in [-0.2, 0) is 0 Å². The molecule has 5 rings (SSSR count). The Morgan fingerprint density at radius 3 is 2.61 bits per heavy atom. The van der Waals surface area contributed by atoms with E-state index < -0.39 is 0 Å². The van der Waals surface area contributed by atoms with Gasteiger partial charge in [0.1, 0.15) is 17.6 Å². The average molecular weight is 437 g/mol. The molecule has 4 aromatic rings. The molecule has 1 fully saturated rings. The Balaban J connectivity index is 1.68. The van der Waals surface area contributed by atoms with Crippen LogP contribution in [0, 0.1) is 11.3 Å². The molecule has 0 unspecified atom stereocenters. The van der Waals surface area contributed by atoms with Gasteiger partial charge < -0.3 is 4.74 Å². The first kappa shape index (κ1) is 20.9. The van der Waals surface area contributed by atoms with E-state index in [9.17, 15) is 4.79 Å². The van der Waals surface area contributed by atoms with Gasteiger partial charge in [-0.05, 0) is 41.8 Å². The van der Waals surface area contributed by atoms with Crippen LogP contribution in [0.2, 0.25) is 0 Å². The fourth-order valence-corrected chi connectivity index (χ4v) is 4.64. The standard InChI is InChI=1S/C27H24N4O2/c28-16-17-33-25-15-14-19-8-4-5-11-21(19)23(25)18-29-31-26(20-9-2-1-3-10-20)30-24-13-7-6-12-22(24)27(31)32/h4-8,11-15,18,20H,1-3,9-10,17H2. The van der Waals surface area contributed by atoms with Crippen molar-refractivity contribution < 1.29 is 4.74 Å². The van der Waals surface area contributed by atoms with Crippen LogP contribution in [0.4, 0.5) is 0 Å². The highest BCUT2D eigenvalue weighted by atomic mass is 16.5. The molecule has 0 atom stereocenters. The van der Waals surface area contributed by atoms with Gasteiger partial charge >= 0.3 is 0 Å². The zero-order valence-corrected chi connectivity index (χ0v) is 18.3. The molecule has 1 heterocycles. The molecule has 6 nitrogen and oxygen atoms in total. The summed E-state index contributed by atoms with van der Waals surface area (Å²) in [5.41, 5.74) is 1.27. The lowest BCUT2D eigenvalue weighted by molar-refractivity contribution is 0.368. The fraction of sp³-hybridized carbons (Fsp3) is 0.259. The van der Waals surface area contributed by atoms with Gasteiger partial charge in [0.25, 0.3) is 5.56 Å². The first-order valence-corrected chi connectivity index (χ1v) is 11.3. The van der Waals surface area contributed by atoms with Crippen molar-refractivity contribution in [2.45, 2.75) is 38.0 Å². The van der Waals surface area contributed by atoms with Crippen molar-refractivity contribution in [2.24, 2.45) is 5.10 Å². The molecule has 0 spiro atoms. The molecule has 1 saturated carbocycles. The van der Waals surface area contributed by atoms with E-state index in [0.29, 0.717) is 16.7 Å². The summed E-state index contributed by atoms with van der Waals surface area (Å²) in [5, 5.41) is 16.2. The molecule has 1 aliphatic rings. The van der Waals surface area contributed by atoms with Gasteiger partial charge in [-0.1, -0.05) is 61.7 Å². The molecule has 0 aliphatic heterocycles. The van der Waals surface area contributed by atoms with E-state index in [1.807, 2.05) is 60.7 Å².